The van der Waals surface area contributed by atoms with Gasteiger partial charge in [0.2, 0.25) is 0 Å². The Bertz CT molecular complexity index is 495. The molecular weight excluding hydrogens is 214 g/mol. The monoisotopic (exact) mass is 229 g/mol. The summed E-state index contributed by atoms with van der Waals surface area (Å²) in [6.07, 6.45) is 5.26. The van der Waals surface area contributed by atoms with Crippen LogP contribution >= 0.6 is 0 Å². The largest absolute Gasteiger partial charge is 0.347 e. The van der Waals surface area contributed by atoms with E-state index in [4.69, 9.17) is 5.73 Å². The number of nitrogens with two attached hydrogens (primary N) is 1. The van der Waals surface area contributed by atoms with Crippen LogP contribution in [0, 0.1) is 11.8 Å². The Morgan fingerprint density at radius 1 is 1.65 bits per heavy atom. The number of hydrogen-bond donors (Lipinski definition) is 2. The molecule has 0 atom stereocenters. The molecule has 1 heterocycles. The standard InChI is InChI=1S/C13H15N3O/c1-13(5-6-13)16-12(17)11-4-8-15-9-10(11)3-2-7-14/h4,8-9H,5-7,14H2,1H3,(H,16,17). The van der Waals surface area contributed by atoms with Crippen LogP contribution in [-0.2, 0) is 0 Å². The summed E-state index contributed by atoms with van der Waals surface area (Å²) in [7, 11) is 0. The Labute approximate surface area is 101 Å². The molecule has 4 nitrogen and oxygen atoms in total. The lowest BCUT2D eigenvalue weighted by atomic mass is 10.1. The van der Waals surface area contributed by atoms with E-state index in [1.807, 2.05) is 6.92 Å². The molecule has 0 saturated heterocycles. The third-order valence-electron chi connectivity index (χ3n) is 2.81. The average Bonchev–Trinajstić information content (AvgIpc) is 3.04. The Balaban J connectivity index is 2.21. The summed E-state index contributed by atoms with van der Waals surface area (Å²) in [5, 5.41) is 3.00. The zero-order chi connectivity index (χ0) is 12.3. The molecule has 0 spiro atoms. The van der Waals surface area contributed by atoms with E-state index in [1.54, 1.807) is 18.5 Å². The zero-order valence-electron chi connectivity index (χ0n) is 9.79. The molecule has 1 amide bonds. The van der Waals surface area contributed by atoms with Crippen LogP contribution < -0.4 is 11.1 Å². The maximum atomic E-state index is 12.0. The van der Waals surface area contributed by atoms with Gasteiger partial charge in [0.25, 0.3) is 5.91 Å². The molecule has 1 aliphatic rings. The van der Waals surface area contributed by atoms with Gasteiger partial charge in [-0.05, 0) is 25.8 Å². The van der Waals surface area contributed by atoms with Crippen LogP contribution in [0.4, 0.5) is 0 Å². The van der Waals surface area contributed by atoms with Crippen molar-refractivity contribution >= 4 is 5.91 Å². The van der Waals surface area contributed by atoms with Crippen LogP contribution in [0.1, 0.15) is 35.7 Å². The van der Waals surface area contributed by atoms with Crippen LogP contribution in [0.15, 0.2) is 18.5 Å². The van der Waals surface area contributed by atoms with Gasteiger partial charge in [0.05, 0.1) is 17.7 Å². The molecule has 1 aromatic rings. The molecule has 1 saturated carbocycles. The van der Waals surface area contributed by atoms with Crippen LogP contribution in [-0.4, -0.2) is 23.0 Å². The van der Waals surface area contributed by atoms with Crippen LogP contribution in [0.5, 0.6) is 0 Å². The zero-order valence-corrected chi connectivity index (χ0v) is 9.79. The smallest absolute Gasteiger partial charge is 0.253 e. The van der Waals surface area contributed by atoms with Gasteiger partial charge in [0.15, 0.2) is 0 Å². The van der Waals surface area contributed by atoms with Gasteiger partial charge in [-0.25, -0.2) is 0 Å². The minimum Gasteiger partial charge on any atom is -0.347 e. The molecule has 4 heteroatoms. The number of amides is 1. The number of aromatic nitrogens is 1. The molecule has 17 heavy (non-hydrogen) atoms. The predicted molar refractivity (Wildman–Crippen MR) is 65.3 cm³/mol. The lowest BCUT2D eigenvalue weighted by Crippen LogP contribution is -2.34. The maximum absolute atomic E-state index is 12.0. The van der Waals surface area contributed by atoms with Crippen molar-refractivity contribution in [2.75, 3.05) is 6.54 Å². The molecular formula is C13H15N3O. The highest BCUT2D eigenvalue weighted by Gasteiger charge is 2.39. The molecule has 0 bridgehead atoms. The van der Waals surface area contributed by atoms with E-state index in [0.717, 1.165) is 12.8 Å². The molecule has 0 radical (unpaired) electrons. The fourth-order valence-corrected chi connectivity index (χ4v) is 1.49. The summed E-state index contributed by atoms with van der Waals surface area (Å²) in [4.78, 5) is 16.0. The lowest BCUT2D eigenvalue weighted by Gasteiger charge is -2.12. The molecule has 1 fully saturated rings. The van der Waals surface area contributed by atoms with Crippen molar-refractivity contribution in [3.8, 4) is 11.8 Å². The summed E-state index contributed by atoms with van der Waals surface area (Å²) in [6, 6.07) is 1.68. The van der Waals surface area contributed by atoms with Crippen molar-refractivity contribution in [3.63, 3.8) is 0 Å². The number of carbonyl (C=O) groups is 1. The van der Waals surface area contributed by atoms with Crippen molar-refractivity contribution in [1.82, 2.24) is 10.3 Å². The van der Waals surface area contributed by atoms with Crippen molar-refractivity contribution in [2.24, 2.45) is 5.73 Å². The Hall–Kier alpha value is -1.86. The van der Waals surface area contributed by atoms with E-state index >= 15 is 0 Å². The van der Waals surface area contributed by atoms with Gasteiger partial charge in [-0.1, -0.05) is 11.8 Å². The Morgan fingerprint density at radius 3 is 3.06 bits per heavy atom. The molecule has 0 aromatic carbocycles. The highest BCUT2D eigenvalue weighted by molar-refractivity contribution is 5.97. The number of hydrogen-bond acceptors (Lipinski definition) is 3. The topological polar surface area (TPSA) is 68.0 Å². The molecule has 0 unspecified atom stereocenters. The van der Waals surface area contributed by atoms with Crippen LogP contribution in [0.25, 0.3) is 0 Å². The summed E-state index contributed by atoms with van der Waals surface area (Å²) >= 11 is 0. The average molecular weight is 229 g/mol. The number of rotatable bonds is 2. The fraction of sp³-hybridized carbons (Fsp3) is 0.385. The minimum absolute atomic E-state index is 0.0288. The molecule has 1 aromatic heterocycles. The first kappa shape index (κ1) is 11.6. The summed E-state index contributed by atoms with van der Waals surface area (Å²) in [6.45, 7) is 2.31. The summed E-state index contributed by atoms with van der Waals surface area (Å²) < 4.78 is 0. The second-order valence-electron chi connectivity index (χ2n) is 4.44. The fourth-order valence-electron chi connectivity index (χ4n) is 1.49. The maximum Gasteiger partial charge on any atom is 0.253 e. The van der Waals surface area contributed by atoms with Gasteiger partial charge in [-0.3, -0.25) is 9.78 Å². The van der Waals surface area contributed by atoms with Gasteiger partial charge < -0.3 is 11.1 Å². The second kappa shape index (κ2) is 4.56. The number of carbonyl (C=O) groups excluding carboxylic acids is 1. The normalized spacial score (nSPS) is 15.6. The molecule has 2 rings (SSSR count). The van der Waals surface area contributed by atoms with Crippen LogP contribution in [0.3, 0.4) is 0 Å². The quantitative estimate of drug-likeness (QED) is 0.733. The molecule has 3 N–H and O–H groups in total. The van der Waals surface area contributed by atoms with E-state index in [0.29, 0.717) is 11.1 Å². The first-order chi connectivity index (χ1) is 8.14. The van der Waals surface area contributed by atoms with E-state index in [2.05, 4.69) is 22.1 Å². The number of pyridine rings is 1. The van der Waals surface area contributed by atoms with Gasteiger partial charge in [-0.15, -0.1) is 0 Å². The Kier molecular flexibility index (Phi) is 3.12. The third kappa shape index (κ3) is 2.83. The Morgan fingerprint density at radius 2 is 2.41 bits per heavy atom. The SMILES string of the molecule is CC1(NC(=O)c2ccncc2C#CCN)CC1. The minimum atomic E-state index is -0.0891. The predicted octanol–water partition coefficient (Wildman–Crippen LogP) is 0.674. The lowest BCUT2D eigenvalue weighted by molar-refractivity contribution is 0.0935. The van der Waals surface area contributed by atoms with Crippen molar-refractivity contribution in [2.45, 2.75) is 25.3 Å². The van der Waals surface area contributed by atoms with E-state index < -0.39 is 0 Å². The van der Waals surface area contributed by atoms with E-state index in [-0.39, 0.29) is 18.0 Å². The van der Waals surface area contributed by atoms with Crippen molar-refractivity contribution in [1.29, 1.82) is 0 Å². The van der Waals surface area contributed by atoms with Gasteiger partial charge in [-0.2, -0.15) is 0 Å². The first-order valence-electron chi connectivity index (χ1n) is 5.60. The molecule has 0 aliphatic heterocycles. The van der Waals surface area contributed by atoms with Crippen LogP contribution in [0.2, 0.25) is 0 Å². The third-order valence-corrected chi connectivity index (χ3v) is 2.81. The second-order valence-corrected chi connectivity index (χ2v) is 4.44. The first-order valence-corrected chi connectivity index (χ1v) is 5.60. The summed E-state index contributed by atoms with van der Waals surface area (Å²) in [5.74, 6) is 5.51. The van der Waals surface area contributed by atoms with E-state index in [1.165, 1.54) is 0 Å². The number of nitrogens with one attached hydrogen (secondary N) is 1. The van der Waals surface area contributed by atoms with E-state index in [9.17, 15) is 4.79 Å². The molecule has 1 aliphatic carbocycles. The van der Waals surface area contributed by atoms with Gasteiger partial charge in [0.1, 0.15) is 0 Å². The van der Waals surface area contributed by atoms with Crippen molar-refractivity contribution < 1.29 is 4.79 Å². The number of nitrogens with zero attached hydrogens (tertiary/aromatic N) is 1. The highest BCUT2D eigenvalue weighted by atomic mass is 16.1. The van der Waals surface area contributed by atoms with Crippen molar-refractivity contribution in [3.05, 3.63) is 29.6 Å². The molecule has 88 valence electrons. The summed E-state index contributed by atoms with van der Waals surface area (Å²) in [5.41, 5.74) is 6.48. The highest BCUT2D eigenvalue weighted by Crippen LogP contribution is 2.34. The van der Waals surface area contributed by atoms with Gasteiger partial charge >= 0.3 is 0 Å². The van der Waals surface area contributed by atoms with Gasteiger partial charge in [0, 0.05) is 17.9 Å².